The molecule has 0 radical (unpaired) electrons. The summed E-state index contributed by atoms with van der Waals surface area (Å²) < 4.78 is 39.0. The summed E-state index contributed by atoms with van der Waals surface area (Å²) in [5.41, 5.74) is -2.36. The van der Waals surface area contributed by atoms with Gasteiger partial charge in [0.05, 0.1) is 6.20 Å². The van der Waals surface area contributed by atoms with Gasteiger partial charge >= 0.3 is 17.6 Å². The van der Waals surface area contributed by atoms with E-state index in [4.69, 9.17) is 5.73 Å². The van der Waals surface area contributed by atoms with Gasteiger partial charge in [-0.3, -0.25) is 24.5 Å². The lowest BCUT2D eigenvalue weighted by atomic mass is 10.3. The van der Waals surface area contributed by atoms with Gasteiger partial charge in [0.1, 0.15) is 5.56 Å². The van der Waals surface area contributed by atoms with Gasteiger partial charge in [0.25, 0.3) is 11.1 Å². The first-order chi connectivity index (χ1) is 11.1. The first-order valence-corrected chi connectivity index (χ1v) is 6.04. The number of nitrogen functional groups attached to an aromatic ring is 1. The number of anilines is 1. The van der Waals surface area contributed by atoms with E-state index in [1.807, 2.05) is 4.98 Å². The van der Waals surface area contributed by atoms with Gasteiger partial charge < -0.3 is 5.73 Å². The number of nitrogens with two attached hydrogens (primary N) is 1. The number of fused-ring (bicyclic) bond motifs is 1. The van der Waals surface area contributed by atoms with Crippen molar-refractivity contribution in [3.63, 3.8) is 0 Å². The Kier molecular flexibility index (Phi) is 3.00. The number of rotatable bonds is 1. The minimum atomic E-state index is -5.08. The smallest absolute Gasteiger partial charge is 0.369 e. The maximum Gasteiger partial charge on any atom is 0.423 e. The van der Waals surface area contributed by atoms with Gasteiger partial charge in [-0.2, -0.15) is 27.5 Å². The van der Waals surface area contributed by atoms with E-state index < -0.39 is 51.3 Å². The van der Waals surface area contributed by atoms with Crippen LogP contribution in [-0.2, 0) is 6.18 Å². The molecule has 5 N–H and O–H groups in total. The second-order valence-corrected chi connectivity index (χ2v) is 4.54. The van der Waals surface area contributed by atoms with Crippen LogP contribution in [0, 0.1) is 0 Å². The van der Waals surface area contributed by atoms with Gasteiger partial charge in [-0.25, -0.2) is 9.59 Å². The Morgan fingerprint density at radius 1 is 1.00 bits per heavy atom. The lowest BCUT2D eigenvalue weighted by Gasteiger charge is -2.10. The van der Waals surface area contributed by atoms with Crippen molar-refractivity contribution in [3.05, 3.63) is 53.4 Å². The topological polar surface area (TPSA) is 164 Å². The molecule has 0 unspecified atom stereocenters. The minimum Gasteiger partial charge on any atom is -0.369 e. The largest absolute Gasteiger partial charge is 0.423 e. The molecule has 0 amide bonds. The lowest BCUT2D eigenvalue weighted by Crippen LogP contribution is -2.40. The molecular formula is C10H6F3N7O4. The molecule has 0 saturated heterocycles. The number of aromatic nitrogens is 6. The number of alkyl halides is 3. The van der Waals surface area contributed by atoms with Gasteiger partial charge in [-0.05, 0) is 0 Å². The van der Waals surface area contributed by atoms with Crippen molar-refractivity contribution in [2.75, 3.05) is 5.73 Å². The van der Waals surface area contributed by atoms with E-state index in [1.165, 1.54) is 4.98 Å². The molecule has 0 atom stereocenters. The number of nitrogens with one attached hydrogen (secondary N) is 3. The van der Waals surface area contributed by atoms with Gasteiger partial charge in [0, 0.05) is 0 Å². The summed E-state index contributed by atoms with van der Waals surface area (Å²) in [6.07, 6.45) is -4.96. The zero-order valence-electron chi connectivity index (χ0n) is 11.3. The van der Waals surface area contributed by atoms with E-state index >= 15 is 0 Å². The SMILES string of the molecule is Nc1nc2c([nH]c(=O)n2-n2cc(C(F)(F)F)c(=O)[nH]c2=O)c(=O)[nH]1. The van der Waals surface area contributed by atoms with E-state index in [0.29, 0.717) is 4.68 Å². The van der Waals surface area contributed by atoms with Gasteiger partial charge in [-0.15, -0.1) is 0 Å². The average molecular weight is 345 g/mol. The number of H-pyrrole nitrogens is 3. The summed E-state index contributed by atoms with van der Waals surface area (Å²) in [7, 11) is 0. The summed E-state index contributed by atoms with van der Waals surface area (Å²) in [6.45, 7) is 0. The molecule has 126 valence electrons. The number of aromatic amines is 3. The van der Waals surface area contributed by atoms with Crippen LogP contribution >= 0.6 is 0 Å². The van der Waals surface area contributed by atoms with E-state index in [-0.39, 0.29) is 10.9 Å². The highest BCUT2D eigenvalue weighted by molar-refractivity contribution is 5.70. The molecule has 0 saturated carbocycles. The van der Waals surface area contributed by atoms with Crippen molar-refractivity contribution in [1.29, 1.82) is 0 Å². The van der Waals surface area contributed by atoms with Crippen LogP contribution in [0.2, 0.25) is 0 Å². The molecule has 0 spiro atoms. The molecule has 0 fully saturated rings. The Bertz CT molecular complexity index is 1190. The monoisotopic (exact) mass is 345 g/mol. The fourth-order valence-electron chi connectivity index (χ4n) is 2.01. The molecule has 3 aromatic heterocycles. The first kappa shape index (κ1) is 15.3. The van der Waals surface area contributed by atoms with Gasteiger partial charge in [-0.1, -0.05) is 0 Å². The zero-order chi connectivity index (χ0) is 17.8. The van der Waals surface area contributed by atoms with Crippen molar-refractivity contribution < 1.29 is 13.2 Å². The van der Waals surface area contributed by atoms with E-state index in [9.17, 15) is 32.3 Å². The van der Waals surface area contributed by atoms with Crippen molar-refractivity contribution in [1.82, 2.24) is 29.3 Å². The molecule has 3 rings (SSSR count). The zero-order valence-corrected chi connectivity index (χ0v) is 11.3. The molecule has 0 bridgehead atoms. The summed E-state index contributed by atoms with van der Waals surface area (Å²) in [6, 6.07) is 0. The predicted octanol–water partition coefficient (Wildman–Crippen LogP) is -1.82. The van der Waals surface area contributed by atoms with E-state index in [1.54, 1.807) is 0 Å². The predicted molar refractivity (Wildman–Crippen MR) is 72.5 cm³/mol. The third kappa shape index (κ3) is 2.20. The van der Waals surface area contributed by atoms with Crippen molar-refractivity contribution in [3.8, 4) is 0 Å². The third-order valence-electron chi connectivity index (χ3n) is 2.99. The number of hydrogen-bond donors (Lipinski definition) is 4. The van der Waals surface area contributed by atoms with Crippen LogP contribution < -0.4 is 28.2 Å². The second-order valence-electron chi connectivity index (χ2n) is 4.54. The highest BCUT2D eigenvalue weighted by Gasteiger charge is 2.35. The van der Waals surface area contributed by atoms with Crippen LogP contribution in [0.5, 0.6) is 0 Å². The average Bonchev–Trinajstić information content (AvgIpc) is 2.74. The number of imidazole rings is 1. The number of hydrogen-bond acceptors (Lipinski definition) is 6. The van der Waals surface area contributed by atoms with Crippen molar-refractivity contribution >= 4 is 17.1 Å². The van der Waals surface area contributed by atoms with Crippen LogP contribution in [0.25, 0.3) is 11.2 Å². The normalized spacial score (nSPS) is 12.0. The molecule has 3 heterocycles. The standard InChI is InChI=1S/C10H6F3N7O4/c11-10(12,13)2-1-19(8(23)18-5(2)21)20-4-3(15-9(20)24)6(22)17-7(14)16-4/h1H,(H,15,24)(H,18,21,23)(H3,14,16,17,22). The molecule has 0 aliphatic rings. The molecule has 0 aliphatic heterocycles. The van der Waals surface area contributed by atoms with E-state index in [0.717, 1.165) is 0 Å². The Morgan fingerprint density at radius 2 is 1.67 bits per heavy atom. The Morgan fingerprint density at radius 3 is 2.29 bits per heavy atom. The van der Waals surface area contributed by atoms with Crippen molar-refractivity contribution in [2.24, 2.45) is 0 Å². The van der Waals surface area contributed by atoms with Crippen LogP contribution in [0.4, 0.5) is 19.1 Å². The van der Waals surface area contributed by atoms with Crippen LogP contribution in [0.1, 0.15) is 5.56 Å². The maximum absolute atomic E-state index is 12.8. The number of nitrogens with zero attached hydrogens (tertiary/aromatic N) is 3. The molecule has 3 aromatic rings. The Hall–Kier alpha value is -3.58. The molecule has 11 nitrogen and oxygen atoms in total. The fourth-order valence-corrected chi connectivity index (χ4v) is 2.01. The summed E-state index contributed by atoms with van der Waals surface area (Å²) >= 11 is 0. The minimum absolute atomic E-state index is 0.120. The maximum atomic E-state index is 12.8. The highest BCUT2D eigenvalue weighted by atomic mass is 19.4. The fraction of sp³-hybridized carbons (Fsp3) is 0.100. The summed E-state index contributed by atoms with van der Waals surface area (Å²) in [5.74, 6) is -0.436. The second kappa shape index (κ2) is 4.71. The quantitative estimate of drug-likeness (QED) is 0.405. The molecule has 14 heteroatoms. The van der Waals surface area contributed by atoms with Crippen LogP contribution in [0.3, 0.4) is 0 Å². The van der Waals surface area contributed by atoms with E-state index in [2.05, 4.69) is 9.97 Å². The highest BCUT2D eigenvalue weighted by Crippen LogP contribution is 2.25. The molecule has 0 aliphatic carbocycles. The van der Waals surface area contributed by atoms with Crippen molar-refractivity contribution in [2.45, 2.75) is 6.18 Å². The summed E-state index contributed by atoms with van der Waals surface area (Å²) in [4.78, 5) is 55.9. The van der Waals surface area contributed by atoms with Crippen LogP contribution in [0.15, 0.2) is 25.4 Å². The lowest BCUT2D eigenvalue weighted by molar-refractivity contribution is -0.139. The summed E-state index contributed by atoms with van der Waals surface area (Å²) in [5, 5.41) is 0. The van der Waals surface area contributed by atoms with Gasteiger partial charge in [0.15, 0.2) is 11.2 Å². The van der Waals surface area contributed by atoms with Gasteiger partial charge in [0.2, 0.25) is 5.95 Å². The first-order valence-electron chi connectivity index (χ1n) is 6.04. The Labute approximate surface area is 126 Å². The third-order valence-corrected chi connectivity index (χ3v) is 2.99. The molecule has 24 heavy (non-hydrogen) atoms. The molecular weight excluding hydrogens is 339 g/mol. The Balaban J connectivity index is 2.48. The molecule has 0 aromatic carbocycles. The number of halogens is 3. The van der Waals surface area contributed by atoms with Crippen LogP contribution in [-0.4, -0.2) is 29.3 Å².